The van der Waals surface area contributed by atoms with Crippen LogP contribution in [0.25, 0.3) is 0 Å². The molecule has 7 nitrogen and oxygen atoms in total. The first-order valence-corrected chi connectivity index (χ1v) is 11.9. The Kier molecular flexibility index (Phi) is 17.3. The Bertz CT molecular complexity index is 398. The minimum Gasteiger partial charge on any atom is -0.457 e. The van der Waals surface area contributed by atoms with Crippen LogP contribution >= 0.6 is 7.82 Å². The van der Waals surface area contributed by atoms with Crippen molar-refractivity contribution in [3.8, 4) is 0 Å². The largest absolute Gasteiger partial charge is 0.469 e. The number of phosphoric ester groups is 1. The molecule has 0 aliphatic rings. The van der Waals surface area contributed by atoms with E-state index in [-0.39, 0.29) is 6.42 Å². The van der Waals surface area contributed by atoms with Crippen molar-refractivity contribution in [2.45, 2.75) is 103 Å². The lowest BCUT2D eigenvalue weighted by atomic mass is 10.0. The number of esters is 1. The van der Waals surface area contributed by atoms with Gasteiger partial charge in [-0.05, 0) is 6.42 Å². The van der Waals surface area contributed by atoms with Crippen LogP contribution in [0.5, 0.6) is 0 Å². The molecule has 8 heteroatoms. The highest BCUT2D eigenvalue weighted by molar-refractivity contribution is 7.46. The van der Waals surface area contributed by atoms with Gasteiger partial charge in [-0.25, -0.2) is 4.57 Å². The molecule has 0 unspecified atom stereocenters. The lowest BCUT2D eigenvalue weighted by Crippen LogP contribution is -2.26. The Balaban J connectivity index is 3.46. The van der Waals surface area contributed by atoms with E-state index >= 15 is 0 Å². The zero-order chi connectivity index (χ0) is 20.4. The van der Waals surface area contributed by atoms with E-state index in [1.165, 1.54) is 64.2 Å². The highest BCUT2D eigenvalue weighted by atomic mass is 31.2. The summed E-state index contributed by atoms with van der Waals surface area (Å²) in [5.74, 6) is -0.480. The van der Waals surface area contributed by atoms with Crippen LogP contribution in [0.1, 0.15) is 96.8 Å². The summed E-state index contributed by atoms with van der Waals surface area (Å²) in [4.78, 5) is 28.9. The van der Waals surface area contributed by atoms with Crippen molar-refractivity contribution in [3.05, 3.63) is 0 Å². The summed E-state index contributed by atoms with van der Waals surface area (Å²) in [6.45, 7) is 1.18. The first-order chi connectivity index (χ1) is 12.9. The van der Waals surface area contributed by atoms with E-state index in [1.807, 2.05) is 0 Å². The normalized spacial score (nSPS) is 12.9. The number of carbonyl (C=O) groups excluding carboxylic acids is 1. The van der Waals surface area contributed by atoms with E-state index in [1.54, 1.807) is 0 Å². The van der Waals surface area contributed by atoms with Crippen molar-refractivity contribution in [2.75, 3.05) is 13.2 Å². The number of rotatable bonds is 19. The van der Waals surface area contributed by atoms with Crippen LogP contribution in [0.3, 0.4) is 0 Å². The predicted octanol–water partition coefficient (Wildman–Crippen LogP) is 4.48. The third kappa shape index (κ3) is 20.1. The summed E-state index contributed by atoms with van der Waals surface area (Å²) < 4.78 is 19.8. The molecule has 0 aliphatic carbocycles. The number of ether oxygens (including phenoxy) is 1. The topological polar surface area (TPSA) is 113 Å². The highest BCUT2D eigenvalue weighted by Crippen LogP contribution is 2.35. The fourth-order valence-corrected chi connectivity index (χ4v) is 3.20. The van der Waals surface area contributed by atoms with Gasteiger partial charge in [-0.15, -0.1) is 0 Å². The zero-order valence-corrected chi connectivity index (χ0v) is 17.7. The Morgan fingerprint density at radius 2 is 1.30 bits per heavy atom. The second-order valence-electron chi connectivity index (χ2n) is 7.07. The lowest BCUT2D eigenvalue weighted by Gasteiger charge is -2.15. The molecule has 0 bridgehead atoms. The van der Waals surface area contributed by atoms with Crippen LogP contribution in [0.15, 0.2) is 0 Å². The van der Waals surface area contributed by atoms with Gasteiger partial charge in [0.25, 0.3) is 0 Å². The average Bonchev–Trinajstić information content (AvgIpc) is 2.61. The molecule has 0 rings (SSSR count). The minimum absolute atomic E-state index is 0.240. The molecule has 1 atom stereocenters. The van der Waals surface area contributed by atoms with Gasteiger partial charge in [0, 0.05) is 6.42 Å². The fourth-order valence-electron chi connectivity index (χ4n) is 2.84. The van der Waals surface area contributed by atoms with Crippen molar-refractivity contribution in [3.63, 3.8) is 0 Å². The number of unbranched alkanes of at least 4 members (excludes halogenated alkanes) is 12. The van der Waals surface area contributed by atoms with Crippen LogP contribution in [-0.2, 0) is 18.6 Å². The standard InChI is InChI=1S/C19H39O7P/c1-2-3-4-5-6-7-8-9-10-11-12-13-14-15-19(21)26-18(16-20)17-25-27(22,23)24/h18,20H,2-17H2,1H3,(H2,22,23,24)/t18-/m0/s1. The van der Waals surface area contributed by atoms with E-state index in [0.29, 0.717) is 6.42 Å². The van der Waals surface area contributed by atoms with Gasteiger partial charge in [0.1, 0.15) is 6.10 Å². The Morgan fingerprint density at radius 1 is 0.852 bits per heavy atom. The predicted molar refractivity (Wildman–Crippen MR) is 105 cm³/mol. The van der Waals surface area contributed by atoms with Crippen LogP contribution in [0.4, 0.5) is 0 Å². The molecule has 0 aromatic rings. The quantitative estimate of drug-likeness (QED) is 0.163. The molecule has 0 fully saturated rings. The van der Waals surface area contributed by atoms with Crippen LogP contribution < -0.4 is 0 Å². The molecule has 0 radical (unpaired) electrons. The molecule has 0 aliphatic heterocycles. The molecule has 3 N–H and O–H groups in total. The van der Waals surface area contributed by atoms with Crippen molar-refractivity contribution in [1.82, 2.24) is 0 Å². The second kappa shape index (κ2) is 17.6. The molecular weight excluding hydrogens is 371 g/mol. The van der Waals surface area contributed by atoms with Gasteiger partial charge in [-0.2, -0.15) is 0 Å². The summed E-state index contributed by atoms with van der Waals surface area (Å²) in [6.07, 6.45) is 15.1. The number of hydrogen-bond donors (Lipinski definition) is 3. The minimum atomic E-state index is -4.63. The van der Waals surface area contributed by atoms with Gasteiger partial charge in [-0.3, -0.25) is 9.32 Å². The monoisotopic (exact) mass is 410 g/mol. The van der Waals surface area contributed by atoms with E-state index in [0.717, 1.165) is 12.8 Å². The second-order valence-corrected chi connectivity index (χ2v) is 8.31. The van der Waals surface area contributed by atoms with Gasteiger partial charge >= 0.3 is 13.8 Å². The third-order valence-corrected chi connectivity index (χ3v) is 4.90. The molecule has 0 saturated carbocycles. The number of aliphatic hydroxyl groups is 1. The molecule has 162 valence electrons. The number of phosphoric acid groups is 1. The van der Waals surface area contributed by atoms with Crippen molar-refractivity contribution >= 4 is 13.8 Å². The molecular formula is C19H39O7P. The Labute approximate surface area is 164 Å². The maximum atomic E-state index is 11.7. The maximum Gasteiger partial charge on any atom is 0.469 e. The van der Waals surface area contributed by atoms with Crippen molar-refractivity contribution in [1.29, 1.82) is 0 Å². The lowest BCUT2D eigenvalue weighted by molar-refractivity contribution is -0.153. The van der Waals surface area contributed by atoms with E-state index in [9.17, 15) is 9.36 Å². The van der Waals surface area contributed by atoms with E-state index in [2.05, 4.69) is 11.4 Å². The fraction of sp³-hybridized carbons (Fsp3) is 0.947. The van der Waals surface area contributed by atoms with Crippen LogP contribution in [0.2, 0.25) is 0 Å². The van der Waals surface area contributed by atoms with Gasteiger partial charge in [0.2, 0.25) is 0 Å². The summed E-state index contributed by atoms with van der Waals surface area (Å²) in [7, 11) is -4.63. The molecule has 0 heterocycles. The van der Waals surface area contributed by atoms with Gasteiger partial charge in [0.15, 0.2) is 0 Å². The van der Waals surface area contributed by atoms with Crippen molar-refractivity contribution < 1.29 is 33.5 Å². The summed E-state index contributed by atoms with van der Waals surface area (Å²) >= 11 is 0. The SMILES string of the molecule is CCCCCCCCCCCCCCCC(=O)O[C@@H](CO)COP(=O)(O)O. The number of carbonyl (C=O) groups is 1. The highest BCUT2D eigenvalue weighted by Gasteiger charge is 2.20. The van der Waals surface area contributed by atoms with E-state index < -0.39 is 33.1 Å². The zero-order valence-electron chi connectivity index (χ0n) is 16.8. The Hall–Kier alpha value is -0.460. The molecule has 27 heavy (non-hydrogen) atoms. The molecule has 0 amide bonds. The summed E-state index contributed by atoms with van der Waals surface area (Å²) in [6, 6.07) is 0. The third-order valence-electron chi connectivity index (χ3n) is 4.41. The summed E-state index contributed by atoms with van der Waals surface area (Å²) in [5, 5.41) is 9.05. The number of aliphatic hydroxyl groups excluding tert-OH is 1. The van der Waals surface area contributed by atoms with Gasteiger partial charge in [-0.1, -0.05) is 84.0 Å². The number of hydrogen-bond acceptors (Lipinski definition) is 5. The van der Waals surface area contributed by atoms with Gasteiger partial charge < -0.3 is 19.6 Å². The van der Waals surface area contributed by atoms with Crippen molar-refractivity contribution in [2.24, 2.45) is 0 Å². The van der Waals surface area contributed by atoms with Gasteiger partial charge in [0.05, 0.1) is 13.2 Å². The molecule has 0 saturated heterocycles. The Morgan fingerprint density at radius 3 is 1.70 bits per heavy atom. The average molecular weight is 410 g/mol. The smallest absolute Gasteiger partial charge is 0.457 e. The van der Waals surface area contributed by atoms with Crippen LogP contribution in [-0.4, -0.2) is 40.2 Å². The van der Waals surface area contributed by atoms with Crippen LogP contribution in [0, 0.1) is 0 Å². The maximum absolute atomic E-state index is 11.7. The summed E-state index contributed by atoms with van der Waals surface area (Å²) in [5.41, 5.74) is 0. The first kappa shape index (κ1) is 26.5. The molecule has 0 spiro atoms. The first-order valence-electron chi connectivity index (χ1n) is 10.4. The van der Waals surface area contributed by atoms with E-state index in [4.69, 9.17) is 19.6 Å². The molecule has 0 aromatic heterocycles. The molecule has 0 aromatic carbocycles.